The van der Waals surface area contributed by atoms with Crippen LogP contribution in [0.5, 0.6) is 0 Å². The van der Waals surface area contributed by atoms with E-state index in [1.54, 1.807) is 13.1 Å². The van der Waals surface area contributed by atoms with Crippen LogP contribution in [-0.4, -0.2) is 35.7 Å². The van der Waals surface area contributed by atoms with Gasteiger partial charge in [-0.25, -0.2) is 4.39 Å². The fraction of sp³-hybridized carbons (Fsp3) is 0.316. The third-order valence-electron chi connectivity index (χ3n) is 4.77. The molecule has 3 unspecified atom stereocenters. The number of para-hydroxylation sites is 1. The molecule has 1 fully saturated rings. The number of aliphatic hydroxyl groups is 1. The summed E-state index contributed by atoms with van der Waals surface area (Å²) in [5, 5.41) is 12.8. The number of nitrogens with one attached hydrogen (secondary N) is 1. The molecule has 0 spiro atoms. The van der Waals surface area contributed by atoms with Gasteiger partial charge in [0.2, 0.25) is 5.91 Å². The van der Waals surface area contributed by atoms with E-state index in [1.165, 1.54) is 35.2 Å². The minimum atomic E-state index is -4.51. The summed E-state index contributed by atoms with van der Waals surface area (Å²) in [5.41, 5.74) is -0.578. The zero-order valence-electron chi connectivity index (χ0n) is 14.4. The molecule has 4 nitrogen and oxygen atoms in total. The summed E-state index contributed by atoms with van der Waals surface area (Å²) < 4.78 is 52.8. The van der Waals surface area contributed by atoms with E-state index in [-0.39, 0.29) is 12.2 Å². The first-order valence-corrected chi connectivity index (χ1v) is 8.29. The quantitative estimate of drug-likeness (QED) is 0.800. The summed E-state index contributed by atoms with van der Waals surface area (Å²) in [6.45, 7) is 0.192. The summed E-state index contributed by atoms with van der Waals surface area (Å²) in [4.78, 5) is 14.2. The first-order chi connectivity index (χ1) is 12.7. The van der Waals surface area contributed by atoms with Gasteiger partial charge in [0.15, 0.2) is 0 Å². The third kappa shape index (κ3) is 3.96. The summed E-state index contributed by atoms with van der Waals surface area (Å²) in [6, 6.07) is 10.3. The predicted molar refractivity (Wildman–Crippen MR) is 91.3 cm³/mol. The van der Waals surface area contributed by atoms with Crippen LogP contribution >= 0.6 is 0 Å². The van der Waals surface area contributed by atoms with Crippen LogP contribution in [0.4, 0.5) is 23.2 Å². The molecule has 0 aromatic heterocycles. The second kappa shape index (κ2) is 7.28. The van der Waals surface area contributed by atoms with E-state index >= 15 is 0 Å². The largest absolute Gasteiger partial charge is 0.416 e. The molecule has 1 aliphatic heterocycles. The van der Waals surface area contributed by atoms with E-state index in [2.05, 4.69) is 5.32 Å². The summed E-state index contributed by atoms with van der Waals surface area (Å²) in [5.74, 6) is -3.00. The lowest BCUT2D eigenvalue weighted by molar-refractivity contribution is -0.137. The number of rotatable bonds is 3. The minimum Gasteiger partial charge on any atom is -0.378 e. The SMILES string of the molecule is CN1CC(c2cccc(C(F)(F)F)c2)C(C(=O)Nc2ccccc2F)C1O. The lowest BCUT2D eigenvalue weighted by atomic mass is 9.86. The van der Waals surface area contributed by atoms with Crippen LogP contribution in [0, 0.1) is 11.7 Å². The van der Waals surface area contributed by atoms with Gasteiger partial charge >= 0.3 is 6.18 Å². The van der Waals surface area contributed by atoms with E-state index in [0.29, 0.717) is 5.56 Å². The Bertz CT molecular complexity index is 840. The zero-order chi connectivity index (χ0) is 19.8. The van der Waals surface area contributed by atoms with Gasteiger partial charge in [-0.3, -0.25) is 9.69 Å². The molecule has 1 aliphatic rings. The molecule has 3 rings (SSSR count). The van der Waals surface area contributed by atoms with Gasteiger partial charge in [-0.05, 0) is 30.8 Å². The Morgan fingerprint density at radius 2 is 1.89 bits per heavy atom. The smallest absolute Gasteiger partial charge is 0.378 e. The number of benzene rings is 2. The summed E-state index contributed by atoms with van der Waals surface area (Å²) in [6.07, 6.45) is -5.71. The number of hydrogen-bond donors (Lipinski definition) is 2. The van der Waals surface area contributed by atoms with Crippen molar-refractivity contribution < 1.29 is 27.5 Å². The monoisotopic (exact) mass is 382 g/mol. The predicted octanol–water partition coefficient (Wildman–Crippen LogP) is 3.45. The molecule has 0 saturated carbocycles. The number of alkyl halides is 3. The topological polar surface area (TPSA) is 52.6 Å². The molecule has 1 amide bonds. The molecule has 0 aliphatic carbocycles. The number of likely N-dealkylation sites (tertiary alicyclic amines) is 1. The Morgan fingerprint density at radius 3 is 2.56 bits per heavy atom. The first-order valence-electron chi connectivity index (χ1n) is 8.29. The van der Waals surface area contributed by atoms with Crippen LogP contribution < -0.4 is 5.32 Å². The maximum absolute atomic E-state index is 13.8. The van der Waals surface area contributed by atoms with Crippen LogP contribution in [0.2, 0.25) is 0 Å². The van der Waals surface area contributed by atoms with Gasteiger partial charge in [0.1, 0.15) is 12.0 Å². The van der Waals surface area contributed by atoms with Crippen molar-refractivity contribution in [2.45, 2.75) is 18.3 Å². The number of anilines is 1. The van der Waals surface area contributed by atoms with E-state index in [1.807, 2.05) is 0 Å². The van der Waals surface area contributed by atoms with Crippen molar-refractivity contribution in [2.24, 2.45) is 5.92 Å². The normalized spacial score (nSPS) is 23.4. The molecule has 3 atom stereocenters. The zero-order valence-corrected chi connectivity index (χ0v) is 14.4. The highest BCUT2D eigenvalue weighted by atomic mass is 19.4. The Labute approximate surface area is 153 Å². The van der Waals surface area contributed by atoms with Crippen molar-refractivity contribution in [1.29, 1.82) is 0 Å². The van der Waals surface area contributed by atoms with Gasteiger partial charge in [-0.1, -0.05) is 30.3 Å². The van der Waals surface area contributed by atoms with Gasteiger partial charge < -0.3 is 10.4 Å². The van der Waals surface area contributed by atoms with Crippen molar-refractivity contribution in [2.75, 3.05) is 18.9 Å². The molecule has 2 N–H and O–H groups in total. The van der Waals surface area contributed by atoms with E-state index in [4.69, 9.17) is 0 Å². The van der Waals surface area contributed by atoms with E-state index < -0.39 is 41.5 Å². The van der Waals surface area contributed by atoms with E-state index in [9.17, 15) is 27.5 Å². The highest BCUT2D eigenvalue weighted by Crippen LogP contribution is 2.38. The molecule has 144 valence electrons. The van der Waals surface area contributed by atoms with Gasteiger partial charge in [0, 0.05) is 12.5 Å². The second-order valence-corrected chi connectivity index (χ2v) is 6.58. The average Bonchev–Trinajstić information content (AvgIpc) is 2.91. The Morgan fingerprint density at radius 1 is 1.19 bits per heavy atom. The molecule has 2 aromatic carbocycles. The van der Waals surface area contributed by atoms with Gasteiger partial charge in [-0.2, -0.15) is 13.2 Å². The first kappa shape index (κ1) is 19.3. The highest BCUT2D eigenvalue weighted by Gasteiger charge is 2.45. The van der Waals surface area contributed by atoms with Crippen molar-refractivity contribution >= 4 is 11.6 Å². The molecule has 1 saturated heterocycles. The number of nitrogens with zero attached hydrogens (tertiary/aromatic N) is 1. The fourth-order valence-electron chi connectivity index (χ4n) is 3.37. The van der Waals surface area contributed by atoms with Crippen molar-refractivity contribution in [1.82, 2.24) is 4.90 Å². The lowest BCUT2D eigenvalue weighted by Crippen LogP contribution is -2.36. The van der Waals surface area contributed by atoms with Crippen LogP contribution in [0.15, 0.2) is 48.5 Å². The number of carbonyl (C=O) groups excluding carboxylic acids is 1. The maximum atomic E-state index is 13.8. The fourth-order valence-corrected chi connectivity index (χ4v) is 3.37. The van der Waals surface area contributed by atoms with Gasteiger partial charge in [0.05, 0.1) is 17.2 Å². The summed E-state index contributed by atoms with van der Waals surface area (Å²) >= 11 is 0. The molecule has 2 aromatic rings. The number of aliphatic hydroxyl groups excluding tert-OH is 1. The second-order valence-electron chi connectivity index (χ2n) is 6.58. The van der Waals surface area contributed by atoms with Crippen LogP contribution in [0.1, 0.15) is 17.0 Å². The molecule has 8 heteroatoms. The molecular formula is C19H18F4N2O2. The number of halogens is 4. The Balaban J connectivity index is 1.91. The standard InChI is InChI=1S/C19H18F4N2O2/c1-25-10-13(11-5-4-6-12(9-11)19(21,22)23)16(18(25)27)17(26)24-15-8-3-2-7-14(15)20/h2-9,13,16,18,27H,10H2,1H3,(H,24,26). The maximum Gasteiger partial charge on any atom is 0.416 e. The van der Waals surface area contributed by atoms with Crippen molar-refractivity contribution in [3.8, 4) is 0 Å². The van der Waals surface area contributed by atoms with Crippen molar-refractivity contribution in [3.63, 3.8) is 0 Å². The molecular weight excluding hydrogens is 364 g/mol. The molecule has 0 bridgehead atoms. The molecule has 27 heavy (non-hydrogen) atoms. The third-order valence-corrected chi connectivity index (χ3v) is 4.77. The lowest BCUT2D eigenvalue weighted by Gasteiger charge is -2.22. The minimum absolute atomic E-state index is 0.0490. The van der Waals surface area contributed by atoms with Crippen molar-refractivity contribution in [3.05, 3.63) is 65.5 Å². The van der Waals surface area contributed by atoms with E-state index in [0.717, 1.165) is 12.1 Å². The highest BCUT2D eigenvalue weighted by molar-refractivity contribution is 5.94. The average molecular weight is 382 g/mol. The van der Waals surface area contributed by atoms with Crippen LogP contribution in [0.3, 0.4) is 0 Å². The van der Waals surface area contributed by atoms with Crippen LogP contribution in [-0.2, 0) is 11.0 Å². The number of likely N-dealkylation sites (N-methyl/N-ethyl adjacent to an activating group) is 1. The number of hydrogen-bond acceptors (Lipinski definition) is 3. The Kier molecular flexibility index (Phi) is 5.21. The number of amides is 1. The van der Waals surface area contributed by atoms with Crippen LogP contribution in [0.25, 0.3) is 0 Å². The molecule has 0 radical (unpaired) electrons. The number of carbonyl (C=O) groups is 1. The Hall–Kier alpha value is -2.45. The summed E-state index contributed by atoms with van der Waals surface area (Å²) in [7, 11) is 1.57. The molecule has 1 heterocycles. The van der Waals surface area contributed by atoms with Gasteiger partial charge in [0.25, 0.3) is 0 Å². The van der Waals surface area contributed by atoms with Gasteiger partial charge in [-0.15, -0.1) is 0 Å².